The maximum Gasteiger partial charge on any atom is 0.307 e. The van der Waals surface area contributed by atoms with E-state index in [0.29, 0.717) is 41.8 Å². The number of benzene rings is 1. The monoisotopic (exact) mass is 477 g/mol. The van der Waals surface area contributed by atoms with E-state index in [0.717, 1.165) is 38.6 Å². The van der Waals surface area contributed by atoms with Crippen molar-refractivity contribution in [3.63, 3.8) is 0 Å². The van der Waals surface area contributed by atoms with Crippen molar-refractivity contribution in [1.82, 2.24) is 9.62 Å². The fraction of sp³-hybridized carbons (Fsp3) is 0.650. The summed E-state index contributed by atoms with van der Waals surface area (Å²) in [6, 6.07) is 3.25. The van der Waals surface area contributed by atoms with E-state index in [-0.39, 0.29) is 12.4 Å². The van der Waals surface area contributed by atoms with Crippen molar-refractivity contribution in [3.05, 3.63) is 17.7 Å². The molecule has 0 amide bonds. The number of alkyl halides is 1. The molecular weight excluding hydrogens is 446 g/mol. The van der Waals surface area contributed by atoms with Gasteiger partial charge in [-0.25, -0.2) is 13.1 Å². The molecule has 1 heterocycles. The van der Waals surface area contributed by atoms with Crippen LogP contribution >= 0.6 is 11.6 Å². The fourth-order valence-electron chi connectivity index (χ4n) is 3.54. The predicted octanol–water partition coefficient (Wildman–Crippen LogP) is 2.11. The number of rotatable bonds is 11. The average Bonchev–Trinajstić information content (AvgIpc) is 2.72. The van der Waals surface area contributed by atoms with Crippen molar-refractivity contribution >= 4 is 33.3 Å². The SMILES string of the molecule is COc1cc(OC)c(N)c(C(Cl)OC(=O)CCC2CCN(CCNS(C)(=O)=O)CC2)c1. The molecule has 0 saturated carbocycles. The Kier molecular flexibility index (Phi) is 9.67. The molecule has 9 nitrogen and oxygen atoms in total. The van der Waals surface area contributed by atoms with E-state index in [9.17, 15) is 13.2 Å². The molecule has 0 spiro atoms. The van der Waals surface area contributed by atoms with E-state index >= 15 is 0 Å². The maximum absolute atomic E-state index is 12.3. The summed E-state index contributed by atoms with van der Waals surface area (Å²) >= 11 is 6.30. The Morgan fingerprint density at radius 1 is 1.29 bits per heavy atom. The second kappa shape index (κ2) is 11.8. The third-order valence-corrected chi connectivity index (χ3v) is 6.39. The third kappa shape index (κ3) is 8.36. The molecule has 0 radical (unpaired) electrons. The molecule has 31 heavy (non-hydrogen) atoms. The van der Waals surface area contributed by atoms with Gasteiger partial charge in [-0.05, 0) is 44.3 Å². The van der Waals surface area contributed by atoms with Crippen LogP contribution in [0.5, 0.6) is 11.5 Å². The number of sulfonamides is 1. The summed E-state index contributed by atoms with van der Waals surface area (Å²) in [4.78, 5) is 14.5. The zero-order valence-electron chi connectivity index (χ0n) is 18.2. The minimum absolute atomic E-state index is 0.268. The first kappa shape index (κ1) is 25.5. The lowest BCUT2D eigenvalue weighted by molar-refractivity contribution is -0.146. The first-order valence-electron chi connectivity index (χ1n) is 10.1. The van der Waals surface area contributed by atoms with Gasteiger partial charge < -0.3 is 24.8 Å². The fourth-order valence-corrected chi connectivity index (χ4v) is 4.29. The molecule has 1 aromatic carbocycles. The molecule has 2 rings (SSSR count). The number of nitrogens with one attached hydrogen (secondary N) is 1. The van der Waals surface area contributed by atoms with Gasteiger partial charge in [-0.1, -0.05) is 11.6 Å². The Hall–Kier alpha value is -1.75. The molecular formula is C20H32ClN3O6S. The highest BCUT2D eigenvalue weighted by Gasteiger charge is 2.23. The zero-order valence-corrected chi connectivity index (χ0v) is 19.8. The van der Waals surface area contributed by atoms with Crippen molar-refractivity contribution in [2.75, 3.05) is 52.4 Å². The quantitative estimate of drug-likeness (QED) is 0.282. The van der Waals surface area contributed by atoms with E-state index in [1.54, 1.807) is 12.1 Å². The Labute approximate surface area is 189 Å². The van der Waals surface area contributed by atoms with Crippen LogP contribution in [0.2, 0.25) is 0 Å². The van der Waals surface area contributed by atoms with Gasteiger partial charge in [-0.2, -0.15) is 0 Å². The molecule has 0 aromatic heterocycles. The third-order valence-electron chi connectivity index (χ3n) is 5.34. The Morgan fingerprint density at radius 2 is 1.97 bits per heavy atom. The van der Waals surface area contributed by atoms with Crippen molar-refractivity contribution in [3.8, 4) is 11.5 Å². The molecule has 1 aromatic rings. The van der Waals surface area contributed by atoms with E-state index in [4.69, 9.17) is 31.5 Å². The Bertz CT molecular complexity index is 844. The van der Waals surface area contributed by atoms with Gasteiger partial charge in [0.25, 0.3) is 0 Å². The number of hydrogen-bond donors (Lipinski definition) is 2. The summed E-state index contributed by atoms with van der Waals surface area (Å²) in [5.41, 5.74) is 5.74. The molecule has 3 N–H and O–H groups in total. The molecule has 1 fully saturated rings. The van der Waals surface area contributed by atoms with Gasteiger partial charge in [0.15, 0.2) is 0 Å². The summed E-state index contributed by atoms with van der Waals surface area (Å²) in [6.07, 6.45) is 4.05. The van der Waals surface area contributed by atoms with Crippen LogP contribution in [0.15, 0.2) is 12.1 Å². The minimum atomic E-state index is -3.16. The normalized spacial score (nSPS) is 16.6. The number of methoxy groups -OCH3 is 2. The lowest BCUT2D eigenvalue weighted by Crippen LogP contribution is -2.39. The molecule has 1 atom stereocenters. The molecule has 0 aliphatic carbocycles. The van der Waals surface area contributed by atoms with Crippen molar-refractivity contribution < 1.29 is 27.4 Å². The Balaban J connectivity index is 1.76. The van der Waals surface area contributed by atoms with Gasteiger partial charge in [0.05, 0.1) is 26.2 Å². The van der Waals surface area contributed by atoms with Gasteiger partial charge in [0.2, 0.25) is 15.6 Å². The summed E-state index contributed by atoms with van der Waals surface area (Å²) in [5.74, 6) is 0.930. The van der Waals surface area contributed by atoms with Crippen LogP contribution in [-0.4, -0.2) is 65.9 Å². The highest BCUT2D eigenvalue weighted by molar-refractivity contribution is 7.88. The maximum atomic E-state index is 12.3. The van der Waals surface area contributed by atoms with Crippen molar-refractivity contribution in [2.24, 2.45) is 5.92 Å². The van der Waals surface area contributed by atoms with Crippen LogP contribution in [0, 0.1) is 5.92 Å². The topological polar surface area (TPSA) is 120 Å². The minimum Gasteiger partial charge on any atom is -0.497 e. The van der Waals surface area contributed by atoms with E-state index < -0.39 is 15.6 Å². The number of nitrogens with two attached hydrogens (primary N) is 1. The van der Waals surface area contributed by atoms with Gasteiger partial charge in [0, 0.05) is 31.1 Å². The average molecular weight is 478 g/mol. The second-order valence-electron chi connectivity index (χ2n) is 7.63. The van der Waals surface area contributed by atoms with Crippen LogP contribution < -0.4 is 19.9 Å². The number of anilines is 1. The number of nitrogens with zero attached hydrogens (tertiary/aromatic N) is 1. The molecule has 0 bridgehead atoms. The van der Waals surface area contributed by atoms with E-state index in [1.165, 1.54) is 14.2 Å². The number of carbonyl (C=O) groups excluding carboxylic acids is 1. The predicted molar refractivity (Wildman–Crippen MR) is 120 cm³/mol. The number of piperidine rings is 1. The first-order valence-corrected chi connectivity index (χ1v) is 12.5. The number of ether oxygens (including phenoxy) is 3. The largest absolute Gasteiger partial charge is 0.497 e. The number of esters is 1. The van der Waals surface area contributed by atoms with Crippen LogP contribution in [0.4, 0.5) is 5.69 Å². The number of halogens is 1. The zero-order chi connectivity index (χ0) is 23.0. The van der Waals surface area contributed by atoms with E-state index in [1.807, 2.05) is 0 Å². The van der Waals surface area contributed by atoms with Crippen LogP contribution in [0.3, 0.4) is 0 Å². The van der Waals surface area contributed by atoms with Gasteiger partial charge in [0.1, 0.15) is 11.5 Å². The van der Waals surface area contributed by atoms with Crippen LogP contribution in [-0.2, 0) is 19.6 Å². The van der Waals surface area contributed by atoms with E-state index in [2.05, 4.69) is 9.62 Å². The molecule has 1 aliphatic heterocycles. The molecule has 11 heteroatoms. The van der Waals surface area contributed by atoms with Gasteiger partial charge in [-0.3, -0.25) is 4.79 Å². The second-order valence-corrected chi connectivity index (χ2v) is 9.86. The highest BCUT2D eigenvalue weighted by Crippen LogP contribution is 2.37. The molecule has 176 valence electrons. The van der Waals surface area contributed by atoms with Gasteiger partial charge >= 0.3 is 5.97 Å². The van der Waals surface area contributed by atoms with Crippen LogP contribution in [0.25, 0.3) is 0 Å². The smallest absolute Gasteiger partial charge is 0.307 e. The number of hydrogen-bond acceptors (Lipinski definition) is 8. The summed E-state index contributed by atoms with van der Waals surface area (Å²) in [7, 11) is -0.160. The van der Waals surface area contributed by atoms with Crippen molar-refractivity contribution in [1.29, 1.82) is 0 Å². The lowest BCUT2D eigenvalue weighted by Gasteiger charge is -2.31. The number of nitrogen functional groups attached to an aromatic ring is 1. The molecule has 1 aliphatic rings. The first-order chi connectivity index (χ1) is 14.6. The van der Waals surface area contributed by atoms with Crippen molar-refractivity contribution in [2.45, 2.75) is 31.2 Å². The number of carbonyl (C=O) groups is 1. The number of likely N-dealkylation sites (tertiary alicyclic amines) is 1. The summed E-state index contributed by atoms with van der Waals surface area (Å²) < 4.78 is 40.5. The molecule has 1 saturated heterocycles. The lowest BCUT2D eigenvalue weighted by atomic mass is 9.92. The highest BCUT2D eigenvalue weighted by atomic mass is 35.5. The molecule has 1 unspecified atom stereocenters. The van der Waals surface area contributed by atoms with Crippen LogP contribution in [0.1, 0.15) is 36.8 Å². The summed E-state index contributed by atoms with van der Waals surface area (Å²) in [5, 5.41) is 0. The summed E-state index contributed by atoms with van der Waals surface area (Å²) in [6.45, 7) is 2.85. The standard InChI is InChI=1S/C20H32ClN3O6S/c1-28-15-12-16(19(22)17(13-15)29-2)20(21)30-18(25)5-4-14-6-9-24(10-7-14)11-8-23-31(3,26)27/h12-14,20,23H,4-11,22H2,1-3H3. The van der Waals surface area contributed by atoms with Gasteiger partial charge in [-0.15, -0.1) is 0 Å². The Morgan fingerprint density at radius 3 is 2.55 bits per heavy atom.